The maximum atomic E-state index is 12.9. The molecule has 1 saturated heterocycles. The topological polar surface area (TPSA) is 67.4 Å². The molecule has 1 atom stereocenters. The minimum Gasteiger partial charge on any atom is -0.436 e. The maximum Gasteiger partial charge on any atom is 0.263 e. The number of benzene rings is 2. The molecule has 2 heterocycles. The molecular formula is C23H23BrN4O2. The van der Waals surface area contributed by atoms with Crippen LogP contribution >= 0.6 is 15.9 Å². The van der Waals surface area contributed by atoms with E-state index in [1.165, 1.54) is 0 Å². The van der Waals surface area contributed by atoms with E-state index >= 15 is 0 Å². The van der Waals surface area contributed by atoms with Gasteiger partial charge in [0.25, 0.3) is 5.88 Å². The van der Waals surface area contributed by atoms with Gasteiger partial charge < -0.3 is 15.0 Å². The molecule has 0 aliphatic carbocycles. The van der Waals surface area contributed by atoms with E-state index in [0.717, 1.165) is 35.1 Å². The van der Waals surface area contributed by atoms with Crippen molar-refractivity contribution < 1.29 is 9.53 Å². The van der Waals surface area contributed by atoms with E-state index in [9.17, 15) is 4.79 Å². The lowest BCUT2D eigenvalue weighted by Gasteiger charge is -2.33. The first-order valence-electron chi connectivity index (χ1n) is 9.96. The van der Waals surface area contributed by atoms with Crippen LogP contribution in [0.25, 0.3) is 0 Å². The zero-order chi connectivity index (χ0) is 20.9. The molecule has 1 fully saturated rings. The highest BCUT2D eigenvalue weighted by Crippen LogP contribution is 2.31. The summed E-state index contributed by atoms with van der Waals surface area (Å²) in [6.45, 7) is 3.37. The van der Waals surface area contributed by atoms with Crippen molar-refractivity contribution in [2.45, 2.75) is 19.8 Å². The van der Waals surface area contributed by atoms with Crippen molar-refractivity contribution in [2.24, 2.45) is 5.92 Å². The number of hydrogen-bond donors (Lipinski definition) is 1. The minimum atomic E-state index is -0.131. The highest BCUT2D eigenvalue weighted by molar-refractivity contribution is 9.10. The zero-order valence-electron chi connectivity index (χ0n) is 16.7. The molecule has 1 aliphatic heterocycles. The number of para-hydroxylation sites is 1. The van der Waals surface area contributed by atoms with Gasteiger partial charge in [0, 0.05) is 35.6 Å². The van der Waals surface area contributed by atoms with E-state index in [-0.39, 0.29) is 11.8 Å². The molecule has 154 valence electrons. The van der Waals surface area contributed by atoms with Gasteiger partial charge in [-0.2, -0.15) is 0 Å². The molecular weight excluding hydrogens is 444 g/mol. The maximum absolute atomic E-state index is 12.9. The number of hydrogen-bond acceptors (Lipinski definition) is 5. The van der Waals surface area contributed by atoms with E-state index in [1.54, 1.807) is 12.4 Å². The zero-order valence-corrected chi connectivity index (χ0v) is 18.3. The van der Waals surface area contributed by atoms with Gasteiger partial charge in [-0.3, -0.25) is 4.79 Å². The highest BCUT2D eigenvalue weighted by Gasteiger charge is 2.28. The van der Waals surface area contributed by atoms with Crippen molar-refractivity contribution in [2.75, 3.05) is 23.3 Å². The summed E-state index contributed by atoms with van der Waals surface area (Å²) in [6, 6.07) is 15.4. The Balaban J connectivity index is 1.48. The quantitative estimate of drug-likeness (QED) is 0.559. The monoisotopic (exact) mass is 466 g/mol. The summed E-state index contributed by atoms with van der Waals surface area (Å²) in [6.07, 6.45) is 5.01. The van der Waals surface area contributed by atoms with Gasteiger partial charge in [-0.15, -0.1) is 0 Å². The Labute approximate surface area is 184 Å². The Hall–Kier alpha value is -2.93. The highest BCUT2D eigenvalue weighted by atomic mass is 79.9. The van der Waals surface area contributed by atoms with E-state index in [0.29, 0.717) is 24.0 Å². The van der Waals surface area contributed by atoms with E-state index in [1.807, 2.05) is 55.5 Å². The van der Waals surface area contributed by atoms with Crippen molar-refractivity contribution >= 4 is 33.3 Å². The molecule has 1 aliphatic rings. The van der Waals surface area contributed by atoms with Gasteiger partial charge in [0.2, 0.25) is 5.91 Å². The van der Waals surface area contributed by atoms with Crippen LogP contribution in [-0.2, 0) is 4.79 Å². The summed E-state index contributed by atoms with van der Waals surface area (Å²) in [5.41, 5.74) is 1.87. The fourth-order valence-electron chi connectivity index (χ4n) is 3.59. The molecule has 0 radical (unpaired) electrons. The number of anilines is 2. The number of aryl methyl sites for hydroxylation is 1. The van der Waals surface area contributed by atoms with Crippen LogP contribution in [0.15, 0.2) is 65.4 Å². The molecule has 1 N–H and O–H groups in total. The van der Waals surface area contributed by atoms with Gasteiger partial charge in [-0.05, 0) is 55.7 Å². The van der Waals surface area contributed by atoms with Crippen molar-refractivity contribution in [1.82, 2.24) is 9.97 Å². The van der Waals surface area contributed by atoms with E-state index in [4.69, 9.17) is 4.74 Å². The normalized spacial score (nSPS) is 16.2. The van der Waals surface area contributed by atoms with Gasteiger partial charge in [-0.25, -0.2) is 9.97 Å². The number of carbonyl (C=O) groups excluding carboxylic acids is 1. The average molecular weight is 467 g/mol. The number of nitrogens with one attached hydrogen (secondary N) is 1. The fourth-order valence-corrected chi connectivity index (χ4v) is 4.07. The second kappa shape index (κ2) is 9.26. The Morgan fingerprint density at radius 1 is 1.17 bits per heavy atom. The average Bonchev–Trinajstić information content (AvgIpc) is 2.77. The molecule has 0 spiro atoms. The third-order valence-electron chi connectivity index (χ3n) is 5.14. The molecule has 4 rings (SSSR count). The number of piperidine rings is 1. The largest absolute Gasteiger partial charge is 0.436 e. The number of halogens is 1. The third-order valence-corrected chi connectivity index (χ3v) is 5.64. The number of aromatic nitrogens is 2. The Bertz CT molecular complexity index is 1030. The molecule has 7 heteroatoms. The van der Waals surface area contributed by atoms with Gasteiger partial charge in [-0.1, -0.05) is 34.1 Å². The molecule has 1 amide bonds. The first-order chi connectivity index (χ1) is 14.6. The summed E-state index contributed by atoms with van der Waals surface area (Å²) < 4.78 is 6.96. The summed E-state index contributed by atoms with van der Waals surface area (Å²) in [4.78, 5) is 23.9. The SMILES string of the molecule is Cc1cc(Br)ccc1NC(=O)[C@@H]1CCCN(c2nccnc2Oc2ccccc2)C1. The minimum absolute atomic E-state index is 0.0274. The lowest BCUT2D eigenvalue weighted by Crippen LogP contribution is -2.41. The van der Waals surface area contributed by atoms with Crippen LogP contribution in [0.3, 0.4) is 0 Å². The molecule has 3 aromatic rings. The first-order valence-corrected chi connectivity index (χ1v) is 10.8. The standard InChI is InChI=1S/C23H23BrN4O2/c1-16-14-18(24)9-10-20(16)27-22(29)17-6-5-13-28(15-17)21-23(26-12-11-25-21)30-19-7-3-2-4-8-19/h2-4,7-12,14,17H,5-6,13,15H2,1H3,(H,27,29)/t17-/m1/s1. The Morgan fingerprint density at radius 3 is 2.77 bits per heavy atom. The molecule has 2 aromatic carbocycles. The summed E-state index contributed by atoms with van der Waals surface area (Å²) >= 11 is 3.46. The summed E-state index contributed by atoms with van der Waals surface area (Å²) in [5.74, 6) is 1.72. The molecule has 1 aromatic heterocycles. The molecule has 30 heavy (non-hydrogen) atoms. The third kappa shape index (κ3) is 4.79. The van der Waals surface area contributed by atoms with E-state index < -0.39 is 0 Å². The molecule has 0 saturated carbocycles. The van der Waals surface area contributed by atoms with Crippen LogP contribution in [0.5, 0.6) is 11.6 Å². The van der Waals surface area contributed by atoms with E-state index in [2.05, 4.69) is 36.1 Å². The summed E-state index contributed by atoms with van der Waals surface area (Å²) in [7, 11) is 0. The predicted octanol–water partition coefficient (Wildman–Crippen LogP) is 5.19. The molecule has 6 nitrogen and oxygen atoms in total. The van der Waals surface area contributed by atoms with Crippen LogP contribution in [0.1, 0.15) is 18.4 Å². The smallest absolute Gasteiger partial charge is 0.263 e. The van der Waals surface area contributed by atoms with Crippen LogP contribution in [0, 0.1) is 12.8 Å². The van der Waals surface area contributed by atoms with Crippen LogP contribution in [-0.4, -0.2) is 29.0 Å². The van der Waals surface area contributed by atoms with Crippen LogP contribution in [0.4, 0.5) is 11.5 Å². The number of nitrogens with zero attached hydrogens (tertiary/aromatic N) is 3. The van der Waals surface area contributed by atoms with Gasteiger partial charge in [0.15, 0.2) is 5.82 Å². The summed E-state index contributed by atoms with van der Waals surface area (Å²) in [5, 5.41) is 3.08. The van der Waals surface area contributed by atoms with Gasteiger partial charge >= 0.3 is 0 Å². The lowest BCUT2D eigenvalue weighted by molar-refractivity contribution is -0.120. The number of carbonyl (C=O) groups is 1. The van der Waals surface area contributed by atoms with Crippen molar-refractivity contribution in [3.8, 4) is 11.6 Å². The van der Waals surface area contributed by atoms with Gasteiger partial charge in [0.05, 0.1) is 5.92 Å². The second-order valence-electron chi connectivity index (χ2n) is 7.33. The van der Waals surface area contributed by atoms with Gasteiger partial charge in [0.1, 0.15) is 5.75 Å². The fraction of sp³-hybridized carbons (Fsp3) is 0.261. The van der Waals surface area contributed by atoms with Crippen molar-refractivity contribution in [3.05, 3.63) is 71.0 Å². The second-order valence-corrected chi connectivity index (χ2v) is 8.25. The Morgan fingerprint density at radius 2 is 1.97 bits per heavy atom. The molecule has 0 unspecified atom stereocenters. The van der Waals surface area contributed by atoms with Crippen LogP contribution in [0.2, 0.25) is 0 Å². The number of ether oxygens (including phenoxy) is 1. The lowest BCUT2D eigenvalue weighted by atomic mass is 9.97. The number of rotatable bonds is 5. The van der Waals surface area contributed by atoms with Crippen molar-refractivity contribution in [3.63, 3.8) is 0 Å². The van der Waals surface area contributed by atoms with Crippen LogP contribution < -0.4 is 15.0 Å². The number of amides is 1. The predicted molar refractivity (Wildman–Crippen MR) is 121 cm³/mol. The first kappa shape index (κ1) is 20.3. The Kier molecular flexibility index (Phi) is 6.28. The molecule has 0 bridgehead atoms. The van der Waals surface area contributed by atoms with Crippen molar-refractivity contribution in [1.29, 1.82) is 0 Å².